The van der Waals surface area contributed by atoms with E-state index in [0.29, 0.717) is 5.95 Å². The lowest BCUT2D eigenvalue weighted by molar-refractivity contribution is 0.711. The number of hydrogen-bond donors (Lipinski definition) is 1. The fourth-order valence-corrected chi connectivity index (χ4v) is 1.43. The van der Waals surface area contributed by atoms with E-state index in [4.69, 9.17) is 5.73 Å². The molecule has 0 amide bonds. The van der Waals surface area contributed by atoms with Gasteiger partial charge in [0.05, 0.1) is 0 Å². The van der Waals surface area contributed by atoms with Gasteiger partial charge in [0, 0.05) is 37.8 Å². The van der Waals surface area contributed by atoms with Crippen molar-refractivity contribution < 1.29 is 0 Å². The summed E-state index contributed by atoms with van der Waals surface area (Å²) in [6.45, 7) is 3.01. The summed E-state index contributed by atoms with van der Waals surface area (Å²) < 4.78 is 2.09. The molecule has 78 valence electrons. The zero-order valence-electron chi connectivity index (χ0n) is 8.59. The summed E-state index contributed by atoms with van der Waals surface area (Å²) >= 11 is 0. The van der Waals surface area contributed by atoms with Crippen LogP contribution in [0.1, 0.15) is 18.3 Å². The summed E-state index contributed by atoms with van der Waals surface area (Å²) in [6.07, 6.45) is 7.97. The molecular formula is C10H13N5. The molecule has 0 saturated carbocycles. The molecule has 2 aromatic heterocycles. The Morgan fingerprint density at radius 1 is 1.27 bits per heavy atom. The molecule has 0 aliphatic rings. The molecule has 2 N–H and O–H groups in total. The van der Waals surface area contributed by atoms with Crippen molar-refractivity contribution in [1.82, 2.24) is 19.5 Å². The number of nitrogens with two attached hydrogens (primary N) is 1. The maximum atomic E-state index is 5.41. The van der Waals surface area contributed by atoms with Crippen molar-refractivity contribution in [2.24, 2.45) is 0 Å². The molecule has 0 aliphatic heterocycles. The van der Waals surface area contributed by atoms with E-state index in [1.54, 1.807) is 18.6 Å². The van der Waals surface area contributed by atoms with Crippen LogP contribution in [-0.4, -0.2) is 19.5 Å². The molecule has 0 fully saturated rings. The van der Waals surface area contributed by atoms with Gasteiger partial charge < -0.3 is 10.3 Å². The summed E-state index contributed by atoms with van der Waals surface area (Å²) in [5.41, 5.74) is 6.43. The number of aromatic nitrogens is 4. The molecule has 0 aliphatic carbocycles. The Morgan fingerprint density at radius 2 is 2.00 bits per heavy atom. The molecule has 5 heteroatoms. The number of hydrogen-bond acceptors (Lipinski definition) is 4. The SMILES string of the molecule is CCn1ccnc1Cc1cnc(N)nc1. The Morgan fingerprint density at radius 3 is 2.67 bits per heavy atom. The molecule has 0 spiro atoms. The highest BCUT2D eigenvalue weighted by atomic mass is 15.1. The predicted molar refractivity (Wildman–Crippen MR) is 57.2 cm³/mol. The standard InChI is InChI=1S/C10H13N5/c1-2-15-4-3-12-9(15)5-8-6-13-10(11)14-7-8/h3-4,6-7H,2,5H2,1H3,(H2,11,13,14). The van der Waals surface area contributed by atoms with Gasteiger partial charge in [0.2, 0.25) is 5.95 Å². The number of imidazole rings is 1. The largest absolute Gasteiger partial charge is 0.368 e. The molecular weight excluding hydrogens is 190 g/mol. The van der Waals surface area contributed by atoms with Crippen LogP contribution in [-0.2, 0) is 13.0 Å². The van der Waals surface area contributed by atoms with Gasteiger partial charge in [-0.05, 0) is 12.5 Å². The van der Waals surface area contributed by atoms with Gasteiger partial charge in [-0.15, -0.1) is 0 Å². The zero-order chi connectivity index (χ0) is 10.7. The zero-order valence-corrected chi connectivity index (χ0v) is 8.59. The number of nitrogens with zero attached hydrogens (tertiary/aromatic N) is 4. The summed E-state index contributed by atoms with van der Waals surface area (Å²) in [6, 6.07) is 0. The van der Waals surface area contributed by atoms with E-state index < -0.39 is 0 Å². The molecule has 5 nitrogen and oxygen atoms in total. The topological polar surface area (TPSA) is 69.6 Å². The van der Waals surface area contributed by atoms with E-state index in [-0.39, 0.29) is 0 Å². The van der Waals surface area contributed by atoms with Gasteiger partial charge >= 0.3 is 0 Å². The third-order valence-corrected chi connectivity index (χ3v) is 2.23. The molecule has 0 radical (unpaired) electrons. The van der Waals surface area contributed by atoms with Gasteiger partial charge in [-0.2, -0.15) is 0 Å². The number of anilines is 1. The first-order valence-corrected chi connectivity index (χ1v) is 4.86. The van der Waals surface area contributed by atoms with Gasteiger partial charge in [-0.25, -0.2) is 15.0 Å². The second-order valence-corrected chi connectivity index (χ2v) is 3.26. The first-order chi connectivity index (χ1) is 7.29. The van der Waals surface area contributed by atoms with Gasteiger partial charge in [0.15, 0.2) is 0 Å². The minimum atomic E-state index is 0.303. The van der Waals surface area contributed by atoms with Crippen molar-refractivity contribution in [3.63, 3.8) is 0 Å². The van der Waals surface area contributed by atoms with Crippen LogP contribution in [0.3, 0.4) is 0 Å². The van der Waals surface area contributed by atoms with Gasteiger partial charge in [-0.3, -0.25) is 0 Å². The second-order valence-electron chi connectivity index (χ2n) is 3.26. The maximum Gasteiger partial charge on any atom is 0.219 e. The van der Waals surface area contributed by atoms with Crippen molar-refractivity contribution in [2.45, 2.75) is 19.9 Å². The summed E-state index contributed by atoms with van der Waals surface area (Å²) in [7, 11) is 0. The van der Waals surface area contributed by atoms with Gasteiger partial charge in [0.1, 0.15) is 5.82 Å². The second kappa shape index (κ2) is 4.08. The van der Waals surface area contributed by atoms with Crippen molar-refractivity contribution in [1.29, 1.82) is 0 Å². The highest BCUT2D eigenvalue weighted by molar-refractivity contribution is 5.19. The fraction of sp³-hybridized carbons (Fsp3) is 0.300. The molecule has 0 bridgehead atoms. The van der Waals surface area contributed by atoms with Gasteiger partial charge in [-0.1, -0.05) is 0 Å². The summed E-state index contributed by atoms with van der Waals surface area (Å²) in [4.78, 5) is 12.2. The van der Waals surface area contributed by atoms with Crippen molar-refractivity contribution >= 4 is 5.95 Å². The van der Waals surface area contributed by atoms with E-state index in [1.165, 1.54) is 0 Å². The minimum Gasteiger partial charge on any atom is -0.368 e. The van der Waals surface area contributed by atoms with Crippen LogP contribution in [0.2, 0.25) is 0 Å². The molecule has 2 rings (SSSR count). The smallest absolute Gasteiger partial charge is 0.219 e. The number of aryl methyl sites for hydroxylation is 1. The molecule has 0 atom stereocenters. The van der Waals surface area contributed by atoms with Crippen molar-refractivity contribution in [3.05, 3.63) is 36.2 Å². The van der Waals surface area contributed by atoms with E-state index in [2.05, 4.69) is 26.4 Å². The van der Waals surface area contributed by atoms with Crippen molar-refractivity contribution in [2.75, 3.05) is 5.73 Å². The van der Waals surface area contributed by atoms with Crippen LogP contribution in [0.5, 0.6) is 0 Å². The van der Waals surface area contributed by atoms with Crippen LogP contribution >= 0.6 is 0 Å². The molecule has 0 aromatic carbocycles. The van der Waals surface area contributed by atoms with E-state index in [9.17, 15) is 0 Å². The van der Waals surface area contributed by atoms with Crippen LogP contribution in [0.4, 0.5) is 5.95 Å². The molecule has 2 heterocycles. The Balaban J connectivity index is 2.18. The lowest BCUT2D eigenvalue weighted by atomic mass is 10.2. The Hall–Kier alpha value is -1.91. The fourth-order valence-electron chi connectivity index (χ4n) is 1.43. The third kappa shape index (κ3) is 2.12. The normalized spacial score (nSPS) is 10.5. The predicted octanol–water partition coefficient (Wildman–Crippen LogP) is 0.866. The van der Waals surface area contributed by atoms with E-state index in [1.807, 2.05) is 6.20 Å². The first kappa shape index (κ1) is 9.64. The molecule has 0 saturated heterocycles. The van der Waals surface area contributed by atoms with E-state index >= 15 is 0 Å². The quantitative estimate of drug-likeness (QED) is 0.803. The average Bonchev–Trinajstić information content (AvgIpc) is 2.69. The van der Waals surface area contributed by atoms with Crippen LogP contribution in [0.25, 0.3) is 0 Å². The first-order valence-electron chi connectivity index (χ1n) is 4.86. The summed E-state index contributed by atoms with van der Waals surface area (Å²) in [5.74, 6) is 1.32. The van der Waals surface area contributed by atoms with Gasteiger partial charge in [0.25, 0.3) is 0 Å². The number of rotatable bonds is 3. The molecule has 15 heavy (non-hydrogen) atoms. The molecule has 2 aromatic rings. The molecule has 0 unspecified atom stereocenters. The number of nitrogen functional groups attached to an aromatic ring is 1. The summed E-state index contributed by atoms with van der Waals surface area (Å²) in [5, 5.41) is 0. The Bertz CT molecular complexity index is 431. The lowest BCUT2D eigenvalue weighted by Gasteiger charge is -2.03. The maximum absolute atomic E-state index is 5.41. The monoisotopic (exact) mass is 203 g/mol. The van der Waals surface area contributed by atoms with Crippen molar-refractivity contribution in [3.8, 4) is 0 Å². The highest BCUT2D eigenvalue weighted by Crippen LogP contribution is 2.06. The van der Waals surface area contributed by atoms with Crippen LogP contribution in [0, 0.1) is 0 Å². The van der Waals surface area contributed by atoms with E-state index in [0.717, 1.165) is 24.4 Å². The van der Waals surface area contributed by atoms with Crippen LogP contribution < -0.4 is 5.73 Å². The lowest BCUT2D eigenvalue weighted by Crippen LogP contribution is -2.03. The van der Waals surface area contributed by atoms with Crippen LogP contribution in [0.15, 0.2) is 24.8 Å². The Kier molecular flexibility index (Phi) is 2.62. The average molecular weight is 203 g/mol. The third-order valence-electron chi connectivity index (χ3n) is 2.23. The Labute approximate surface area is 88.0 Å². The minimum absolute atomic E-state index is 0.303. The highest BCUT2D eigenvalue weighted by Gasteiger charge is 2.03.